The first-order valence-electron chi connectivity index (χ1n) is 14.9. The maximum Gasteiger partial charge on any atom is 0.394 e. The molecule has 2 heterocycles. The quantitative estimate of drug-likeness (QED) is 0.387. The lowest BCUT2D eigenvalue weighted by atomic mass is 9.82. The van der Waals surface area contributed by atoms with Gasteiger partial charge in [-0.3, -0.25) is 4.79 Å². The number of sulfonamides is 1. The Morgan fingerprint density at radius 3 is 2.33 bits per heavy atom. The van der Waals surface area contributed by atoms with Gasteiger partial charge in [0.2, 0.25) is 11.8 Å². The third-order valence-electron chi connectivity index (χ3n) is 9.40. The van der Waals surface area contributed by atoms with E-state index in [9.17, 15) is 26.4 Å². The molecule has 9 nitrogen and oxygen atoms in total. The van der Waals surface area contributed by atoms with Crippen molar-refractivity contribution in [2.24, 2.45) is 5.41 Å². The normalized spacial score (nSPS) is 24.0. The molecule has 13 heteroatoms. The lowest BCUT2D eigenvalue weighted by Gasteiger charge is -2.49. The number of aromatic nitrogens is 2. The SMILES string of the molecule is Cc1cccc(C)c1-c1cc2nc(n1)NS(=O)(=O)c1cccc(c1)C(=O)N([C@H]1C[C@@H](N(C)C)C1)[C@H](CC1(C(F)(F)F)CC1)CO2. The second-order valence-electron chi connectivity index (χ2n) is 12.7. The lowest BCUT2D eigenvalue weighted by molar-refractivity contribution is -0.193. The molecule has 1 aliphatic heterocycles. The number of nitrogens with zero attached hydrogens (tertiary/aromatic N) is 4. The average molecular weight is 644 g/mol. The van der Waals surface area contributed by atoms with Gasteiger partial charge in [0.1, 0.15) is 6.61 Å². The minimum Gasteiger partial charge on any atom is -0.475 e. The van der Waals surface area contributed by atoms with Crippen LogP contribution in [0.4, 0.5) is 19.1 Å². The molecule has 4 bridgehead atoms. The van der Waals surface area contributed by atoms with E-state index >= 15 is 0 Å². The number of nitrogens with one attached hydrogen (secondary N) is 1. The van der Waals surface area contributed by atoms with Crippen molar-refractivity contribution in [3.8, 4) is 17.1 Å². The summed E-state index contributed by atoms with van der Waals surface area (Å²) in [6.45, 7) is 3.53. The van der Waals surface area contributed by atoms with E-state index in [4.69, 9.17) is 4.74 Å². The van der Waals surface area contributed by atoms with Crippen LogP contribution in [0.5, 0.6) is 5.88 Å². The predicted molar refractivity (Wildman–Crippen MR) is 162 cm³/mol. The number of carbonyl (C=O) groups is 1. The van der Waals surface area contributed by atoms with E-state index in [1.54, 1.807) is 6.07 Å². The van der Waals surface area contributed by atoms with Crippen LogP contribution >= 0.6 is 0 Å². The minimum atomic E-state index is -4.44. The van der Waals surface area contributed by atoms with E-state index in [-0.39, 0.29) is 60.2 Å². The number of amides is 1. The summed E-state index contributed by atoms with van der Waals surface area (Å²) in [5, 5.41) is 0. The second kappa shape index (κ2) is 11.3. The molecule has 1 atom stereocenters. The number of hydrogen-bond acceptors (Lipinski definition) is 7. The standard InChI is InChI=1S/C32H36F3N5O4S/c1-19-7-5-8-20(2)28(19)26-16-27-37-30(36-26)38-45(42,43)25-10-6-9-21(13-25)29(41)40(23-14-22(15-23)39(3)4)24(18-44-27)17-31(11-12-31)32(33,34)35/h5-10,13,16,22-24H,11-12,14-15,17-18H2,1-4H3,(H,36,37,38)/t22-,23+,24-/m1/s1. The molecule has 240 valence electrons. The van der Waals surface area contributed by atoms with Crippen molar-refractivity contribution in [3.05, 3.63) is 65.2 Å². The van der Waals surface area contributed by atoms with Gasteiger partial charge < -0.3 is 14.5 Å². The summed E-state index contributed by atoms with van der Waals surface area (Å²) in [5.74, 6) is -0.800. The van der Waals surface area contributed by atoms with Gasteiger partial charge in [-0.25, -0.2) is 18.1 Å². The highest BCUT2D eigenvalue weighted by Crippen LogP contribution is 2.61. The van der Waals surface area contributed by atoms with Gasteiger partial charge in [0.05, 0.1) is 22.0 Å². The van der Waals surface area contributed by atoms with Crippen molar-refractivity contribution in [2.45, 2.75) is 75.1 Å². The Kier molecular flexibility index (Phi) is 7.83. The molecule has 1 amide bonds. The van der Waals surface area contributed by atoms with Crippen LogP contribution in [-0.4, -0.2) is 79.1 Å². The molecule has 6 rings (SSSR count). The summed E-state index contributed by atoms with van der Waals surface area (Å²) in [5.41, 5.74) is 1.07. The molecule has 2 fully saturated rings. The number of alkyl halides is 3. The first kappa shape index (κ1) is 31.3. The molecular weight excluding hydrogens is 607 g/mol. The molecule has 2 aliphatic carbocycles. The minimum absolute atomic E-state index is 0.0136. The van der Waals surface area contributed by atoms with Gasteiger partial charge in [-0.2, -0.15) is 18.2 Å². The van der Waals surface area contributed by atoms with Crippen molar-refractivity contribution in [2.75, 3.05) is 25.4 Å². The fourth-order valence-electron chi connectivity index (χ4n) is 6.48. The van der Waals surface area contributed by atoms with Crippen LogP contribution in [0, 0.1) is 19.3 Å². The molecule has 2 saturated carbocycles. The summed E-state index contributed by atoms with van der Waals surface area (Å²) >= 11 is 0. The fourth-order valence-corrected chi connectivity index (χ4v) is 7.47. The third kappa shape index (κ3) is 5.99. The number of carbonyl (C=O) groups excluding carboxylic acids is 1. The van der Waals surface area contributed by atoms with Crippen molar-refractivity contribution in [1.82, 2.24) is 19.8 Å². The molecular formula is C32H36F3N5O4S. The van der Waals surface area contributed by atoms with E-state index in [0.717, 1.165) is 16.7 Å². The molecule has 3 aliphatic rings. The molecule has 2 aromatic carbocycles. The predicted octanol–water partition coefficient (Wildman–Crippen LogP) is 5.59. The number of rotatable bonds is 5. The third-order valence-corrected chi connectivity index (χ3v) is 10.7. The molecule has 1 N–H and O–H groups in total. The fraction of sp³-hybridized carbons (Fsp3) is 0.469. The van der Waals surface area contributed by atoms with Gasteiger partial charge in [-0.15, -0.1) is 0 Å². The summed E-state index contributed by atoms with van der Waals surface area (Å²) < 4.78 is 78.7. The van der Waals surface area contributed by atoms with Gasteiger partial charge in [0.25, 0.3) is 15.9 Å². The molecule has 0 unspecified atom stereocenters. The van der Waals surface area contributed by atoms with Gasteiger partial charge in [-0.1, -0.05) is 24.3 Å². The largest absolute Gasteiger partial charge is 0.475 e. The summed E-state index contributed by atoms with van der Waals surface area (Å²) in [6.07, 6.45) is -3.67. The molecule has 1 aromatic heterocycles. The van der Waals surface area contributed by atoms with Crippen molar-refractivity contribution < 1.29 is 31.1 Å². The number of halogens is 3. The Morgan fingerprint density at radius 1 is 1.04 bits per heavy atom. The zero-order valence-electron chi connectivity index (χ0n) is 25.6. The van der Waals surface area contributed by atoms with Crippen molar-refractivity contribution in [3.63, 3.8) is 0 Å². The maximum atomic E-state index is 14.3. The van der Waals surface area contributed by atoms with Gasteiger partial charge in [0.15, 0.2) is 0 Å². The highest BCUT2D eigenvalue weighted by atomic mass is 32.2. The Labute approximate surface area is 260 Å². The average Bonchev–Trinajstić information content (AvgIpc) is 3.73. The van der Waals surface area contributed by atoms with Crippen LogP contribution in [0.2, 0.25) is 0 Å². The van der Waals surface area contributed by atoms with Gasteiger partial charge >= 0.3 is 6.18 Å². The van der Waals surface area contributed by atoms with Crippen LogP contribution in [-0.2, 0) is 10.0 Å². The number of hydrogen-bond donors (Lipinski definition) is 1. The summed E-state index contributed by atoms with van der Waals surface area (Å²) in [6, 6.07) is 11.6. The summed E-state index contributed by atoms with van der Waals surface area (Å²) in [7, 11) is -0.410. The highest BCUT2D eigenvalue weighted by molar-refractivity contribution is 7.92. The van der Waals surface area contributed by atoms with E-state index in [2.05, 4.69) is 14.7 Å². The Bertz CT molecular complexity index is 1720. The zero-order valence-corrected chi connectivity index (χ0v) is 26.4. The number of anilines is 1. The molecule has 45 heavy (non-hydrogen) atoms. The van der Waals surface area contributed by atoms with Crippen LogP contribution < -0.4 is 9.46 Å². The Balaban J connectivity index is 1.49. The van der Waals surface area contributed by atoms with E-state index in [1.807, 2.05) is 51.0 Å². The second-order valence-corrected chi connectivity index (χ2v) is 14.4. The molecule has 0 saturated heterocycles. The number of ether oxygens (including phenoxy) is 1. The first-order valence-corrected chi connectivity index (χ1v) is 16.4. The molecule has 3 aromatic rings. The van der Waals surface area contributed by atoms with Crippen molar-refractivity contribution >= 4 is 21.9 Å². The van der Waals surface area contributed by atoms with Crippen LogP contribution in [0.3, 0.4) is 0 Å². The van der Waals surface area contributed by atoms with E-state index in [0.29, 0.717) is 18.5 Å². The topological polar surface area (TPSA) is 105 Å². The smallest absolute Gasteiger partial charge is 0.394 e. The van der Waals surface area contributed by atoms with Crippen LogP contribution in [0.15, 0.2) is 53.4 Å². The van der Waals surface area contributed by atoms with E-state index < -0.39 is 33.6 Å². The number of benzene rings is 2. The first-order chi connectivity index (χ1) is 21.2. The number of fused-ring (bicyclic) bond motifs is 4. The maximum absolute atomic E-state index is 14.3. The Hall–Kier alpha value is -3.71. The van der Waals surface area contributed by atoms with Gasteiger partial charge in [0, 0.05) is 29.3 Å². The Morgan fingerprint density at radius 2 is 1.71 bits per heavy atom. The number of aryl methyl sites for hydroxylation is 2. The lowest BCUT2D eigenvalue weighted by Crippen LogP contribution is -2.59. The van der Waals surface area contributed by atoms with Gasteiger partial charge in [-0.05, 0) is 89.4 Å². The monoisotopic (exact) mass is 643 g/mol. The molecule has 0 radical (unpaired) electrons. The summed E-state index contributed by atoms with van der Waals surface area (Å²) in [4.78, 5) is 26.4. The van der Waals surface area contributed by atoms with Crippen LogP contribution in [0.1, 0.15) is 53.6 Å². The van der Waals surface area contributed by atoms with Crippen molar-refractivity contribution in [1.29, 1.82) is 0 Å². The highest BCUT2D eigenvalue weighted by Gasteiger charge is 2.64. The zero-order chi connectivity index (χ0) is 32.3. The molecule has 0 spiro atoms. The van der Waals surface area contributed by atoms with E-state index in [1.165, 1.54) is 29.2 Å². The van der Waals surface area contributed by atoms with Crippen LogP contribution in [0.25, 0.3) is 11.3 Å².